The van der Waals surface area contributed by atoms with Crippen molar-refractivity contribution in [3.8, 4) is 5.75 Å². The van der Waals surface area contributed by atoms with E-state index in [2.05, 4.69) is 0 Å². The van der Waals surface area contributed by atoms with Crippen LogP contribution in [0.15, 0.2) is 12.1 Å². The first-order chi connectivity index (χ1) is 5.70. The van der Waals surface area contributed by atoms with Crippen LogP contribution in [-0.4, -0.2) is 5.11 Å². The molecule has 1 aromatic rings. The number of phenolic OH excluding ortho intramolecular Hbond substituents is 1. The molecule has 0 spiro atoms. The van der Waals surface area contributed by atoms with Crippen LogP contribution in [0.25, 0.3) is 0 Å². The fraction of sp³-hybridized carbons (Fsp3) is 0.333. The number of fused-ring (bicyclic) bond motifs is 1. The lowest BCUT2D eigenvalue weighted by atomic mass is 10.1. The van der Waals surface area contributed by atoms with Gasteiger partial charge in [0.2, 0.25) is 0 Å². The summed E-state index contributed by atoms with van der Waals surface area (Å²) in [6.45, 7) is 0. The first kappa shape index (κ1) is 7.90. The van der Waals surface area contributed by atoms with Gasteiger partial charge in [0, 0.05) is 16.6 Å². The van der Waals surface area contributed by atoms with E-state index in [1.807, 2.05) is 0 Å². The van der Waals surface area contributed by atoms with Crippen molar-refractivity contribution in [1.82, 2.24) is 0 Å². The van der Waals surface area contributed by atoms with E-state index in [0.29, 0.717) is 0 Å². The second-order valence-corrected chi connectivity index (χ2v) is 3.51. The lowest BCUT2D eigenvalue weighted by Crippen LogP contribution is -2.05. The maximum Gasteiger partial charge on any atom is 0.120 e. The first-order valence-electron chi connectivity index (χ1n) is 3.96. The molecule has 1 aromatic carbocycles. The van der Waals surface area contributed by atoms with E-state index in [4.69, 9.17) is 17.3 Å². The lowest BCUT2D eigenvalue weighted by Gasteiger charge is -2.07. The summed E-state index contributed by atoms with van der Waals surface area (Å²) in [5, 5.41) is 10.2. The van der Waals surface area contributed by atoms with Crippen LogP contribution < -0.4 is 5.73 Å². The van der Waals surface area contributed by atoms with E-state index in [1.54, 1.807) is 12.1 Å². The normalized spacial score (nSPS) is 21.0. The number of halogens is 1. The summed E-state index contributed by atoms with van der Waals surface area (Å²) >= 11 is 5.94. The molecule has 64 valence electrons. The molecule has 2 nitrogen and oxygen atoms in total. The number of nitrogens with two attached hydrogens (primary N) is 1. The van der Waals surface area contributed by atoms with Crippen molar-refractivity contribution >= 4 is 11.6 Å². The summed E-state index contributed by atoms with van der Waals surface area (Å²) in [6.07, 6.45) is 1.76. The molecule has 12 heavy (non-hydrogen) atoms. The van der Waals surface area contributed by atoms with Crippen molar-refractivity contribution in [3.05, 3.63) is 28.3 Å². The molecular weight excluding hydrogens is 174 g/mol. The maximum atomic E-state index is 9.49. The van der Waals surface area contributed by atoms with Crippen LogP contribution in [0.2, 0.25) is 5.02 Å². The lowest BCUT2D eigenvalue weighted by molar-refractivity contribution is 0.463. The largest absolute Gasteiger partial charge is 0.508 e. The van der Waals surface area contributed by atoms with E-state index in [1.165, 1.54) is 0 Å². The van der Waals surface area contributed by atoms with Crippen LogP contribution in [-0.2, 0) is 6.42 Å². The van der Waals surface area contributed by atoms with Gasteiger partial charge in [-0.05, 0) is 30.5 Å². The number of phenols is 1. The zero-order chi connectivity index (χ0) is 8.72. The van der Waals surface area contributed by atoms with E-state index in [-0.39, 0.29) is 11.8 Å². The molecule has 1 aliphatic rings. The van der Waals surface area contributed by atoms with Gasteiger partial charge in [-0.2, -0.15) is 0 Å². The molecule has 2 rings (SSSR count). The topological polar surface area (TPSA) is 46.2 Å². The van der Waals surface area contributed by atoms with Gasteiger partial charge in [0.15, 0.2) is 0 Å². The Balaban J connectivity index is 2.64. The van der Waals surface area contributed by atoms with Gasteiger partial charge in [0.1, 0.15) is 5.75 Å². The highest BCUT2D eigenvalue weighted by Gasteiger charge is 2.24. The third kappa shape index (κ3) is 0.993. The molecule has 0 saturated carbocycles. The zero-order valence-electron chi connectivity index (χ0n) is 6.55. The Hall–Kier alpha value is -0.730. The molecule has 1 aliphatic carbocycles. The molecule has 3 heteroatoms. The molecule has 1 atom stereocenters. The number of rotatable bonds is 0. The van der Waals surface area contributed by atoms with Crippen molar-refractivity contribution in [2.75, 3.05) is 0 Å². The van der Waals surface area contributed by atoms with Crippen molar-refractivity contribution in [2.24, 2.45) is 5.73 Å². The number of benzene rings is 1. The zero-order valence-corrected chi connectivity index (χ0v) is 7.30. The molecule has 0 amide bonds. The highest BCUT2D eigenvalue weighted by Crippen LogP contribution is 2.39. The Morgan fingerprint density at radius 2 is 2.25 bits per heavy atom. The average molecular weight is 184 g/mol. The van der Waals surface area contributed by atoms with Crippen LogP contribution in [0.5, 0.6) is 5.75 Å². The average Bonchev–Trinajstić information content (AvgIpc) is 2.42. The van der Waals surface area contributed by atoms with Crippen LogP contribution in [0, 0.1) is 0 Å². The third-order valence-electron chi connectivity index (χ3n) is 2.35. The molecule has 0 heterocycles. The Morgan fingerprint density at radius 3 is 2.92 bits per heavy atom. The molecule has 0 aliphatic heterocycles. The van der Waals surface area contributed by atoms with Crippen molar-refractivity contribution in [2.45, 2.75) is 18.9 Å². The van der Waals surface area contributed by atoms with Crippen LogP contribution in [0.1, 0.15) is 23.6 Å². The molecule has 0 fully saturated rings. The van der Waals surface area contributed by atoms with Gasteiger partial charge in [-0.25, -0.2) is 0 Å². The summed E-state index contributed by atoms with van der Waals surface area (Å²) in [5.74, 6) is 0.277. The highest BCUT2D eigenvalue weighted by atomic mass is 35.5. The minimum absolute atomic E-state index is 0.0429. The fourth-order valence-electron chi connectivity index (χ4n) is 1.74. The van der Waals surface area contributed by atoms with Crippen molar-refractivity contribution in [1.29, 1.82) is 0 Å². The van der Waals surface area contributed by atoms with Gasteiger partial charge < -0.3 is 10.8 Å². The van der Waals surface area contributed by atoms with Crippen LogP contribution >= 0.6 is 11.6 Å². The van der Waals surface area contributed by atoms with E-state index in [0.717, 1.165) is 29.0 Å². The predicted octanol–water partition coefficient (Wildman–Crippen LogP) is 1.99. The summed E-state index contributed by atoms with van der Waals surface area (Å²) < 4.78 is 0. The molecule has 0 saturated heterocycles. The molecule has 3 N–H and O–H groups in total. The monoisotopic (exact) mass is 183 g/mol. The van der Waals surface area contributed by atoms with Gasteiger partial charge in [-0.3, -0.25) is 0 Å². The third-order valence-corrected chi connectivity index (χ3v) is 2.71. The first-order valence-corrected chi connectivity index (χ1v) is 4.34. The molecular formula is C9H10ClNO. The highest BCUT2D eigenvalue weighted by molar-refractivity contribution is 6.31. The summed E-state index contributed by atoms with van der Waals surface area (Å²) in [6, 6.07) is 3.28. The molecule has 0 bridgehead atoms. The summed E-state index contributed by atoms with van der Waals surface area (Å²) in [7, 11) is 0. The van der Waals surface area contributed by atoms with Gasteiger partial charge >= 0.3 is 0 Å². The van der Waals surface area contributed by atoms with Crippen LogP contribution in [0.4, 0.5) is 0 Å². The Labute approximate surface area is 76.0 Å². The number of hydrogen-bond acceptors (Lipinski definition) is 2. The maximum absolute atomic E-state index is 9.49. The number of hydrogen-bond donors (Lipinski definition) is 2. The molecule has 1 unspecified atom stereocenters. The Bertz CT molecular complexity index is 325. The Morgan fingerprint density at radius 1 is 1.50 bits per heavy atom. The van der Waals surface area contributed by atoms with Crippen LogP contribution in [0.3, 0.4) is 0 Å². The Kier molecular flexibility index (Phi) is 1.74. The van der Waals surface area contributed by atoms with Gasteiger partial charge in [-0.15, -0.1) is 0 Å². The standard InChI is InChI=1S/C9H10ClNO/c10-6-2-4-8(12)9-5(6)1-3-7(9)11/h2,4,7,12H,1,3,11H2. The summed E-state index contributed by atoms with van der Waals surface area (Å²) in [5.41, 5.74) is 7.65. The van der Waals surface area contributed by atoms with Gasteiger partial charge in [-0.1, -0.05) is 11.6 Å². The smallest absolute Gasteiger partial charge is 0.120 e. The van der Waals surface area contributed by atoms with E-state index < -0.39 is 0 Å². The fourth-order valence-corrected chi connectivity index (χ4v) is 2.00. The molecule has 0 radical (unpaired) electrons. The minimum Gasteiger partial charge on any atom is -0.508 e. The van der Waals surface area contributed by atoms with Gasteiger partial charge in [0.25, 0.3) is 0 Å². The second-order valence-electron chi connectivity index (χ2n) is 3.10. The molecule has 0 aromatic heterocycles. The minimum atomic E-state index is -0.0429. The quantitative estimate of drug-likeness (QED) is 0.646. The van der Waals surface area contributed by atoms with E-state index >= 15 is 0 Å². The second kappa shape index (κ2) is 2.64. The number of aromatic hydroxyl groups is 1. The SMILES string of the molecule is NC1CCc2c(Cl)ccc(O)c21. The van der Waals surface area contributed by atoms with Crippen molar-refractivity contribution in [3.63, 3.8) is 0 Å². The van der Waals surface area contributed by atoms with Gasteiger partial charge in [0.05, 0.1) is 0 Å². The van der Waals surface area contributed by atoms with E-state index in [9.17, 15) is 5.11 Å². The summed E-state index contributed by atoms with van der Waals surface area (Å²) in [4.78, 5) is 0. The predicted molar refractivity (Wildman–Crippen MR) is 48.4 cm³/mol. The van der Waals surface area contributed by atoms with Crippen molar-refractivity contribution < 1.29 is 5.11 Å².